The molecule has 0 unspecified atom stereocenters. The molecular formula is C24H22F2N2O3S. The molecule has 1 saturated heterocycles. The van der Waals surface area contributed by atoms with Crippen molar-refractivity contribution in [1.82, 2.24) is 4.90 Å². The second-order valence-corrected chi connectivity index (χ2v) is 8.53. The number of likely N-dealkylation sites (tertiary alicyclic amines) is 1. The summed E-state index contributed by atoms with van der Waals surface area (Å²) in [6.45, 7) is 1.23. The van der Waals surface area contributed by atoms with Gasteiger partial charge in [0, 0.05) is 24.0 Å². The van der Waals surface area contributed by atoms with Crippen LogP contribution in [0.4, 0.5) is 14.5 Å². The molecule has 1 aromatic heterocycles. The van der Waals surface area contributed by atoms with Gasteiger partial charge in [0.05, 0.1) is 5.69 Å². The second-order valence-electron chi connectivity index (χ2n) is 7.48. The fourth-order valence-electron chi connectivity index (χ4n) is 3.53. The first-order valence-corrected chi connectivity index (χ1v) is 11.2. The number of thiophene rings is 1. The molecule has 1 fully saturated rings. The Hall–Kier alpha value is -3.26. The molecule has 0 bridgehead atoms. The number of halogens is 2. The van der Waals surface area contributed by atoms with Crippen molar-refractivity contribution in [3.05, 3.63) is 71.1 Å². The topological polar surface area (TPSA) is 58.6 Å². The van der Waals surface area contributed by atoms with Gasteiger partial charge in [-0.25, -0.2) is 8.78 Å². The van der Waals surface area contributed by atoms with Gasteiger partial charge in [0.1, 0.15) is 22.3 Å². The lowest BCUT2D eigenvalue weighted by Crippen LogP contribution is -2.38. The molecule has 2 heterocycles. The van der Waals surface area contributed by atoms with Crippen molar-refractivity contribution in [2.24, 2.45) is 0 Å². The summed E-state index contributed by atoms with van der Waals surface area (Å²) in [6.07, 6.45) is 3.05. The Bertz CT molecular complexity index is 1110. The van der Waals surface area contributed by atoms with Crippen molar-refractivity contribution in [2.75, 3.05) is 25.0 Å². The van der Waals surface area contributed by atoms with Crippen LogP contribution in [0.15, 0.2) is 54.6 Å². The van der Waals surface area contributed by atoms with Crippen LogP contribution in [0, 0.1) is 11.6 Å². The lowest BCUT2D eigenvalue weighted by molar-refractivity contribution is -0.134. The van der Waals surface area contributed by atoms with Crippen LogP contribution in [0.3, 0.4) is 0 Å². The molecule has 0 saturated carbocycles. The van der Waals surface area contributed by atoms with Crippen LogP contribution in [0.1, 0.15) is 28.9 Å². The highest BCUT2D eigenvalue weighted by atomic mass is 32.1. The summed E-state index contributed by atoms with van der Waals surface area (Å²) in [5, 5.41) is 2.46. The quantitative estimate of drug-likeness (QED) is 0.545. The molecular weight excluding hydrogens is 434 g/mol. The Morgan fingerprint density at radius 3 is 2.47 bits per heavy atom. The van der Waals surface area contributed by atoms with Crippen LogP contribution in [-0.2, 0) is 4.79 Å². The molecule has 0 radical (unpaired) electrons. The maximum atomic E-state index is 14.0. The monoisotopic (exact) mass is 456 g/mol. The first-order valence-electron chi connectivity index (χ1n) is 10.4. The third-order valence-corrected chi connectivity index (χ3v) is 6.37. The van der Waals surface area contributed by atoms with Gasteiger partial charge in [-0.15, -0.1) is 11.3 Å². The van der Waals surface area contributed by atoms with E-state index < -0.39 is 17.5 Å². The molecule has 2 amide bonds. The summed E-state index contributed by atoms with van der Waals surface area (Å²) >= 11 is 1.18. The number of carbonyl (C=O) groups is 2. The van der Waals surface area contributed by atoms with Crippen LogP contribution < -0.4 is 10.1 Å². The number of hydrogen-bond donors (Lipinski definition) is 1. The maximum Gasteiger partial charge on any atom is 0.269 e. The smallest absolute Gasteiger partial charge is 0.269 e. The van der Waals surface area contributed by atoms with E-state index in [4.69, 9.17) is 4.74 Å². The van der Waals surface area contributed by atoms with E-state index in [0.29, 0.717) is 19.2 Å². The zero-order chi connectivity index (χ0) is 22.5. The van der Waals surface area contributed by atoms with Gasteiger partial charge in [0.25, 0.3) is 11.8 Å². The van der Waals surface area contributed by atoms with Gasteiger partial charge in [0.2, 0.25) is 0 Å². The lowest BCUT2D eigenvalue weighted by atomic mass is 10.1. The predicted molar refractivity (Wildman–Crippen MR) is 120 cm³/mol. The van der Waals surface area contributed by atoms with Gasteiger partial charge >= 0.3 is 0 Å². The SMILES string of the molecule is O=C(Nc1ccc(F)cc1F)c1sc(-c2ccccc2)cc1OCC(=O)N1CCCCC1. The molecule has 166 valence electrons. The van der Waals surface area contributed by atoms with Crippen molar-refractivity contribution >= 4 is 28.8 Å². The standard InChI is InChI=1S/C24H22F2N2O3S/c25-17-9-10-19(18(26)13-17)27-24(30)23-20(14-21(32-23)16-7-3-1-4-8-16)31-15-22(29)28-11-5-2-6-12-28/h1,3-4,7-10,13-14H,2,5-6,11-12,15H2,(H,27,30). The number of amides is 2. The third-order valence-electron chi connectivity index (χ3n) is 5.20. The number of nitrogens with zero attached hydrogens (tertiary/aromatic N) is 1. The highest BCUT2D eigenvalue weighted by molar-refractivity contribution is 7.17. The van der Waals surface area contributed by atoms with Crippen molar-refractivity contribution in [1.29, 1.82) is 0 Å². The molecule has 4 rings (SSSR count). The highest BCUT2D eigenvalue weighted by Gasteiger charge is 2.22. The van der Waals surface area contributed by atoms with Crippen LogP contribution in [0.2, 0.25) is 0 Å². The fourth-order valence-corrected chi connectivity index (χ4v) is 4.53. The largest absolute Gasteiger partial charge is 0.482 e. The van der Waals surface area contributed by atoms with Gasteiger partial charge in [-0.05, 0) is 43.0 Å². The van der Waals surface area contributed by atoms with E-state index in [2.05, 4.69) is 5.32 Å². The van der Waals surface area contributed by atoms with Crippen molar-refractivity contribution in [2.45, 2.75) is 19.3 Å². The predicted octanol–water partition coefficient (Wildman–Crippen LogP) is 5.34. The fraction of sp³-hybridized carbons (Fsp3) is 0.250. The summed E-state index contributed by atoms with van der Waals surface area (Å²) in [6, 6.07) is 14.1. The Morgan fingerprint density at radius 2 is 1.75 bits per heavy atom. The summed E-state index contributed by atoms with van der Waals surface area (Å²) in [5.74, 6) is -2.08. The van der Waals surface area contributed by atoms with E-state index >= 15 is 0 Å². The number of ether oxygens (including phenoxy) is 1. The minimum atomic E-state index is -0.874. The highest BCUT2D eigenvalue weighted by Crippen LogP contribution is 2.37. The number of rotatable bonds is 6. The molecule has 0 atom stereocenters. The van der Waals surface area contributed by atoms with E-state index in [-0.39, 0.29) is 28.8 Å². The van der Waals surface area contributed by atoms with E-state index in [1.54, 1.807) is 11.0 Å². The molecule has 0 aliphatic carbocycles. The molecule has 32 heavy (non-hydrogen) atoms. The third kappa shape index (κ3) is 5.13. The normalized spacial score (nSPS) is 13.6. The van der Waals surface area contributed by atoms with Crippen LogP contribution in [-0.4, -0.2) is 36.4 Å². The molecule has 3 aromatic rings. The lowest BCUT2D eigenvalue weighted by Gasteiger charge is -2.26. The Labute approximate surface area is 188 Å². The molecule has 0 spiro atoms. The van der Waals surface area contributed by atoms with E-state index in [1.165, 1.54) is 11.3 Å². The van der Waals surface area contributed by atoms with Crippen LogP contribution in [0.5, 0.6) is 5.75 Å². The Balaban J connectivity index is 1.56. The summed E-state index contributed by atoms with van der Waals surface area (Å²) in [4.78, 5) is 28.2. The Morgan fingerprint density at radius 1 is 1.00 bits per heavy atom. The minimum Gasteiger partial charge on any atom is -0.482 e. The van der Waals surface area contributed by atoms with Gasteiger partial charge in [-0.1, -0.05) is 30.3 Å². The van der Waals surface area contributed by atoms with Gasteiger partial charge in [0.15, 0.2) is 6.61 Å². The van der Waals surface area contributed by atoms with Crippen molar-refractivity contribution in [3.63, 3.8) is 0 Å². The van der Waals surface area contributed by atoms with E-state index in [0.717, 1.165) is 41.8 Å². The molecule has 1 aliphatic heterocycles. The summed E-state index contributed by atoms with van der Waals surface area (Å²) in [5.41, 5.74) is 0.748. The zero-order valence-corrected chi connectivity index (χ0v) is 18.1. The average molecular weight is 457 g/mol. The second kappa shape index (κ2) is 9.91. The average Bonchev–Trinajstić information content (AvgIpc) is 3.25. The van der Waals surface area contributed by atoms with Crippen LogP contribution in [0.25, 0.3) is 10.4 Å². The van der Waals surface area contributed by atoms with E-state index in [1.807, 2.05) is 30.3 Å². The van der Waals surface area contributed by atoms with Crippen LogP contribution >= 0.6 is 11.3 Å². The van der Waals surface area contributed by atoms with Crippen molar-refractivity contribution < 1.29 is 23.1 Å². The number of carbonyl (C=O) groups excluding carboxylic acids is 2. The molecule has 8 heteroatoms. The number of hydrogen-bond acceptors (Lipinski definition) is 4. The molecule has 5 nitrogen and oxygen atoms in total. The number of piperidine rings is 1. The molecule has 2 aromatic carbocycles. The molecule has 1 aliphatic rings. The first kappa shape index (κ1) is 22.0. The van der Waals surface area contributed by atoms with Gasteiger partial charge < -0.3 is 15.0 Å². The van der Waals surface area contributed by atoms with Gasteiger partial charge in [-0.2, -0.15) is 0 Å². The zero-order valence-electron chi connectivity index (χ0n) is 17.3. The number of nitrogens with one attached hydrogen (secondary N) is 1. The number of anilines is 1. The number of benzene rings is 2. The Kier molecular flexibility index (Phi) is 6.80. The summed E-state index contributed by atoms with van der Waals surface area (Å²) < 4.78 is 33.0. The first-order chi connectivity index (χ1) is 15.5. The molecule has 1 N–H and O–H groups in total. The maximum absolute atomic E-state index is 14.0. The van der Waals surface area contributed by atoms with E-state index in [9.17, 15) is 18.4 Å². The van der Waals surface area contributed by atoms with Crippen molar-refractivity contribution in [3.8, 4) is 16.2 Å². The summed E-state index contributed by atoms with van der Waals surface area (Å²) in [7, 11) is 0. The minimum absolute atomic E-state index is 0.131. The van der Waals surface area contributed by atoms with Gasteiger partial charge in [-0.3, -0.25) is 9.59 Å².